The topological polar surface area (TPSA) is 66.9 Å². The number of benzene rings is 2. The van der Waals surface area contributed by atoms with E-state index in [1.807, 2.05) is 54.6 Å². The van der Waals surface area contributed by atoms with Crippen molar-refractivity contribution in [1.82, 2.24) is 15.3 Å². The fourth-order valence-corrected chi connectivity index (χ4v) is 4.01. The summed E-state index contributed by atoms with van der Waals surface area (Å²) in [6, 6.07) is 17.5. The Kier molecular flexibility index (Phi) is 6.70. The van der Waals surface area contributed by atoms with Crippen molar-refractivity contribution in [3.05, 3.63) is 72.6 Å². The maximum absolute atomic E-state index is 12.5. The second kappa shape index (κ2) is 10.0. The molecule has 3 aromatic rings. The summed E-state index contributed by atoms with van der Waals surface area (Å²) in [5.41, 5.74) is 3.48. The van der Waals surface area contributed by atoms with Gasteiger partial charge < -0.3 is 10.6 Å². The molecule has 0 unspecified atom stereocenters. The van der Waals surface area contributed by atoms with Crippen LogP contribution in [0.4, 0.5) is 11.6 Å². The van der Waals surface area contributed by atoms with Crippen molar-refractivity contribution in [2.24, 2.45) is 5.92 Å². The second-order valence-corrected chi connectivity index (χ2v) is 7.92. The Morgan fingerprint density at radius 3 is 2.43 bits per heavy atom. The molecule has 2 aromatic carbocycles. The molecule has 4 rings (SSSR count). The lowest BCUT2D eigenvalue weighted by atomic mass is 9.87. The van der Waals surface area contributed by atoms with Gasteiger partial charge in [0, 0.05) is 35.8 Å². The number of nitrogens with zero attached hydrogens (tertiary/aromatic N) is 2. The first-order valence-corrected chi connectivity index (χ1v) is 10.8. The summed E-state index contributed by atoms with van der Waals surface area (Å²) in [6.45, 7) is 0.741. The number of amides is 1. The largest absolute Gasteiger partial charge is 0.352 e. The van der Waals surface area contributed by atoms with E-state index in [9.17, 15) is 4.79 Å². The summed E-state index contributed by atoms with van der Waals surface area (Å²) in [5, 5.41) is 6.25. The number of hydrogen-bond acceptors (Lipinski definition) is 4. The lowest BCUT2D eigenvalue weighted by Gasteiger charge is -2.21. The van der Waals surface area contributed by atoms with Crippen LogP contribution in [0.3, 0.4) is 0 Å². The third-order valence-electron chi connectivity index (χ3n) is 5.70. The first-order valence-electron chi connectivity index (χ1n) is 10.8. The third-order valence-corrected chi connectivity index (χ3v) is 5.70. The smallest absolute Gasteiger partial charge is 0.251 e. The zero-order chi connectivity index (χ0) is 20.6. The highest BCUT2D eigenvalue weighted by Gasteiger charge is 2.14. The molecule has 0 saturated heterocycles. The van der Waals surface area contributed by atoms with Gasteiger partial charge in [0.1, 0.15) is 0 Å². The molecule has 0 bridgehead atoms. The number of rotatable bonds is 7. The molecule has 154 valence electrons. The minimum atomic E-state index is -0.0326. The van der Waals surface area contributed by atoms with Gasteiger partial charge in [-0.3, -0.25) is 4.79 Å². The molecule has 1 amide bonds. The summed E-state index contributed by atoms with van der Waals surface area (Å²) >= 11 is 0. The summed E-state index contributed by atoms with van der Waals surface area (Å²) in [7, 11) is 0. The molecule has 0 atom stereocenters. The standard InChI is InChI=1S/C25H28N4O/c30-24(26-15-14-19-8-3-1-4-9-19)21-12-7-13-23(16-21)29-25-27-17-22(18-28-25)20-10-5-2-6-11-20/h2,5-7,10-13,16-19H,1,3-4,8-9,14-15H2,(H,26,30)(H,27,28,29). The van der Waals surface area contributed by atoms with Gasteiger partial charge in [0.15, 0.2) is 0 Å². The zero-order valence-corrected chi connectivity index (χ0v) is 17.2. The fraction of sp³-hybridized carbons (Fsp3) is 0.320. The lowest BCUT2D eigenvalue weighted by molar-refractivity contribution is 0.0950. The molecular weight excluding hydrogens is 372 g/mol. The van der Waals surface area contributed by atoms with Gasteiger partial charge >= 0.3 is 0 Å². The molecular formula is C25H28N4O. The van der Waals surface area contributed by atoms with E-state index < -0.39 is 0 Å². The van der Waals surface area contributed by atoms with Gasteiger partial charge in [-0.15, -0.1) is 0 Å². The van der Waals surface area contributed by atoms with E-state index in [0.717, 1.165) is 35.7 Å². The molecule has 2 N–H and O–H groups in total. The van der Waals surface area contributed by atoms with Crippen LogP contribution in [0.15, 0.2) is 67.0 Å². The van der Waals surface area contributed by atoms with Gasteiger partial charge in [-0.2, -0.15) is 0 Å². The van der Waals surface area contributed by atoms with Gasteiger partial charge in [-0.1, -0.05) is 68.5 Å². The highest BCUT2D eigenvalue weighted by Crippen LogP contribution is 2.26. The quantitative estimate of drug-likeness (QED) is 0.543. The molecule has 1 heterocycles. The van der Waals surface area contributed by atoms with Gasteiger partial charge in [-0.05, 0) is 36.1 Å². The number of carbonyl (C=O) groups is 1. The van der Waals surface area contributed by atoms with Crippen LogP contribution in [-0.4, -0.2) is 22.4 Å². The van der Waals surface area contributed by atoms with E-state index in [1.54, 1.807) is 12.4 Å². The average Bonchev–Trinajstić information content (AvgIpc) is 2.81. The predicted molar refractivity (Wildman–Crippen MR) is 121 cm³/mol. The predicted octanol–water partition coefficient (Wildman–Crippen LogP) is 5.59. The fourth-order valence-electron chi connectivity index (χ4n) is 4.01. The molecule has 1 fully saturated rings. The molecule has 0 radical (unpaired) electrons. The van der Waals surface area contributed by atoms with Crippen LogP contribution in [0, 0.1) is 5.92 Å². The Labute approximate surface area is 178 Å². The molecule has 1 saturated carbocycles. The van der Waals surface area contributed by atoms with E-state index in [4.69, 9.17) is 0 Å². The zero-order valence-electron chi connectivity index (χ0n) is 17.2. The van der Waals surface area contributed by atoms with Crippen LogP contribution in [0.2, 0.25) is 0 Å². The summed E-state index contributed by atoms with van der Waals surface area (Å²) in [4.78, 5) is 21.3. The van der Waals surface area contributed by atoms with Crippen LogP contribution in [-0.2, 0) is 0 Å². The van der Waals surface area contributed by atoms with Crippen molar-refractivity contribution in [2.75, 3.05) is 11.9 Å². The van der Waals surface area contributed by atoms with E-state index >= 15 is 0 Å². The molecule has 1 aromatic heterocycles. The van der Waals surface area contributed by atoms with Crippen molar-refractivity contribution in [2.45, 2.75) is 38.5 Å². The Bertz CT molecular complexity index is 950. The van der Waals surface area contributed by atoms with Crippen LogP contribution >= 0.6 is 0 Å². The number of nitrogens with one attached hydrogen (secondary N) is 2. The minimum absolute atomic E-state index is 0.0326. The number of aromatic nitrogens is 2. The number of anilines is 2. The minimum Gasteiger partial charge on any atom is -0.352 e. The Balaban J connectivity index is 1.33. The SMILES string of the molecule is O=C(NCCC1CCCCC1)c1cccc(Nc2ncc(-c3ccccc3)cn2)c1. The number of carbonyl (C=O) groups excluding carboxylic acids is 1. The van der Waals surface area contributed by atoms with E-state index in [1.165, 1.54) is 32.1 Å². The first-order chi connectivity index (χ1) is 14.8. The van der Waals surface area contributed by atoms with Crippen LogP contribution in [0.25, 0.3) is 11.1 Å². The molecule has 0 spiro atoms. The monoisotopic (exact) mass is 400 g/mol. The van der Waals surface area contributed by atoms with Crippen molar-refractivity contribution in [3.8, 4) is 11.1 Å². The lowest BCUT2D eigenvalue weighted by Crippen LogP contribution is -2.26. The van der Waals surface area contributed by atoms with Crippen molar-refractivity contribution in [3.63, 3.8) is 0 Å². The molecule has 5 nitrogen and oxygen atoms in total. The summed E-state index contributed by atoms with van der Waals surface area (Å²) < 4.78 is 0. The van der Waals surface area contributed by atoms with Crippen LogP contribution in [0.5, 0.6) is 0 Å². The second-order valence-electron chi connectivity index (χ2n) is 7.92. The Morgan fingerprint density at radius 2 is 1.67 bits per heavy atom. The third kappa shape index (κ3) is 5.44. The van der Waals surface area contributed by atoms with Gasteiger partial charge in [0.25, 0.3) is 5.91 Å². The Hall–Kier alpha value is -3.21. The Morgan fingerprint density at radius 1 is 0.900 bits per heavy atom. The summed E-state index contributed by atoms with van der Waals surface area (Å²) in [6.07, 6.45) is 11.3. The average molecular weight is 401 g/mol. The van der Waals surface area contributed by atoms with Crippen molar-refractivity contribution < 1.29 is 4.79 Å². The molecule has 5 heteroatoms. The van der Waals surface area contributed by atoms with Gasteiger partial charge in [0.2, 0.25) is 5.95 Å². The van der Waals surface area contributed by atoms with E-state index in [0.29, 0.717) is 11.5 Å². The highest BCUT2D eigenvalue weighted by atomic mass is 16.1. The van der Waals surface area contributed by atoms with Crippen molar-refractivity contribution >= 4 is 17.5 Å². The first kappa shape index (κ1) is 20.1. The highest BCUT2D eigenvalue weighted by molar-refractivity contribution is 5.95. The molecule has 30 heavy (non-hydrogen) atoms. The van der Waals surface area contributed by atoms with Gasteiger partial charge in [-0.25, -0.2) is 9.97 Å². The van der Waals surface area contributed by atoms with E-state index in [-0.39, 0.29) is 5.91 Å². The van der Waals surface area contributed by atoms with Gasteiger partial charge in [0.05, 0.1) is 0 Å². The normalized spacial score (nSPS) is 14.3. The maximum Gasteiger partial charge on any atom is 0.251 e. The van der Waals surface area contributed by atoms with Crippen molar-refractivity contribution in [1.29, 1.82) is 0 Å². The van der Waals surface area contributed by atoms with Crippen LogP contribution in [0.1, 0.15) is 48.9 Å². The maximum atomic E-state index is 12.5. The molecule has 1 aliphatic carbocycles. The molecule has 1 aliphatic rings. The molecule has 0 aliphatic heterocycles. The van der Waals surface area contributed by atoms with E-state index in [2.05, 4.69) is 20.6 Å². The number of hydrogen-bond donors (Lipinski definition) is 2. The van der Waals surface area contributed by atoms with Crippen LogP contribution < -0.4 is 10.6 Å². The summed E-state index contributed by atoms with van der Waals surface area (Å²) in [5.74, 6) is 1.24.